The molecule has 31 heavy (non-hydrogen) atoms. The lowest BCUT2D eigenvalue weighted by atomic mass is 10.0. The molecule has 164 valence electrons. The molecule has 8 heteroatoms. The number of nitrogens with zero attached hydrogens (tertiary/aromatic N) is 2. The molecule has 0 N–H and O–H groups in total. The number of hydrogen-bond donors (Lipinski definition) is 0. The fraction of sp³-hybridized carbons (Fsp3) is 0.435. The molecule has 0 radical (unpaired) electrons. The fourth-order valence-corrected chi connectivity index (χ4v) is 6.08. The summed E-state index contributed by atoms with van der Waals surface area (Å²) in [5.74, 6) is 0.695. The van der Waals surface area contributed by atoms with Gasteiger partial charge in [-0.2, -0.15) is 0 Å². The van der Waals surface area contributed by atoms with Gasteiger partial charge < -0.3 is 14.4 Å². The molecular weight excluding hydrogens is 416 g/mol. The number of fused-ring (bicyclic) bond motifs is 2. The Bertz CT molecular complexity index is 1090. The Morgan fingerprint density at radius 1 is 0.935 bits per heavy atom. The van der Waals surface area contributed by atoms with E-state index in [1.807, 2.05) is 29.2 Å². The van der Waals surface area contributed by atoms with Crippen LogP contribution in [0, 0.1) is 0 Å². The second-order valence-corrected chi connectivity index (χ2v) is 10.1. The van der Waals surface area contributed by atoms with Gasteiger partial charge in [-0.15, -0.1) is 0 Å². The van der Waals surface area contributed by atoms with E-state index < -0.39 is 16.1 Å². The molecule has 0 aromatic heterocycles. The number of sulfonamides is 1. The smallest absolute Gasteiger partial charge is 0.267 e. The first-order valence-electron chi connectivity index (χ1n) is 10.9. The number of benzene rings is 2. The van der Waals surface area contributed by atoms with E-state index in [2.05, 4.69) is 0 Å². The average molecular weight is 443 g/mol. The van der Waals surface area contributed by atoms with Gasteiger partial charge in [0.05, 0.1) is 10.6 Å². The summed E-state index contributed by atoms with van der Waals surface area (Å²) in [6.45, 7) is 2.03. The first kappa shape index (κ1) is 20.2. The minimum atomic E-state index is -3.73. The molecule has 3 aliphatic rings. The SMILES string of the molecule is O=C([C@@H]1COc2cc(S(=O)(=O)N3CCCc4ccccc43)ccc2O1)N1CCCCC1. The van der Waals surface area contributed by atoms with Gasteiger partial charge in [-0.3, -0.25) is 9.10 Å². The lowest BCUT2D eigenvalue weighted by Gasteiger charge is -2.33. The van der Waals surface area contributed by atoms with Crippen LogP contribution in [0.3, 0.4) is 0 Å². The van der Waals surface area contributed by atoms with Crippen LogP contribution in [-0.4, -0.2) is 51.6 Å². The van der Waals surface area contributed by atoms with E-state index in [4.69, 9.17) is 9.47 Å². The van der Waals surface area contributed by atoms with Crippen molar-refractivity contribution in [1.29, 1.82) is 0 Å². The van der Waals surface area contributed by atoms with Crippen molar-refractivity contribution in [3.63, 3.8) is 0 Å². The molecule has 7 nitrogen and oxygen atoms in total. The number of rotatable bonds is 3. The van der Waals surface area contributed by atoms with Crippen molar-refractivity contribution < 1.29 is 22.7 Å². The molecule has 0 spiro atoms. The molecule has 5 rings (SSSR count). The number of likely N-dealkylation sites (tertiary alicyclic amines) is 1. The van der Waals surface area contributed by atoms with Gasteiger partial charge in [0, 0.05) is 25.7 Å². The van der Waals surface area contributed by atoms with E-state index in [0.29, 0.717) is 18.0 Å². The number of para-hydroxylation sites is 1. The number of hydrogen-bond acceptors (Lipinski definition) is 5. The van der Waals surface area contributed by atoms with Crippen LogP contribution in [0.25, 0.3) is 0 Å². The molecule has 0 bridgehead atoms. The van der Waals surface area contributed by atoms with Crippen LogP contribution in [0.2, 0.25) is 0 Å². The molecule has 3 heterocycles. The number of aryl methyl sites for hydroxylation is 1. The van der Waals surface area contributed by atoms with Crippen LogP contribution >= 0.6 is 0 Å². The van der Waals surface area contributed by atoms with E-state index >= 15 is 0 Å². The third kappa shape index (κ3) is 3.73. The highest BCUT2D eigenvalue weighted by Gasteiger charge is 2.34. The summed E-state index contributed by atoms with van der Waals surface area (Å²) >= 11 is 0. The van der Waals surface area contributed by atoms with Crippen LogP contribution in [0.5, 0.6) is 11.5 Å². The van der Waals surface area contributed by atoms with Crippen molar-refractivity contribution in [3.05, 3.63) is 48.0 Å². The number of ether oxygens (including phenoxy) is 2. The molecule has 0 aliphatic carbocycles. The Balaban J connectivity index is 1.37. The Labute approximate surface area is 182 Å². The molecular formula is C23H26N2O5S. The van der Waals surface area contributed by atoms with Gasteiger partial charge in [0.25, 0.3) is 15.9 Å². The zero-order valence-corrected chi connectivity index (χ0v) is 18.1. The standard InChI is InChI=1S/C23H26N2O5S/c26-23(24-12-4-1-5-13-24)22-16-29-21-15-18(10-11-20(21)30-22)31(27,28)25-14-6-8-17-7-2-3-9-19(17)25/h2-3,7,9-11,15,22H,1,4-6,8,12-14,16H2/t22-/m0/s1. The normalized spacial score (nSPS) is 20.8. The largest absolute Gasteiger partial charge is 0.485 e. The van der Waals surface area contributed by atoms with Crippen molar-refractivity contribution in [2.45, 2.75) is 43.1 Å². The van der Waals surface area contributed by atoms with Crippen LogP contribution in [-0.2, 0) is 21.2 Å². The number of carbonyl (C=O) groups is 1. The van der Waals surface area contributed by atoms with Gasteiger partial charge in [-0.05, 0) is 55.9 Å². The fourth-order valence-electron chi connectivity index (χ4n) is 4.53. The number of carbonyl (C=O) groups excluding carboxylic acids is 1. The maximum Gasteiger partial charge on any atom is 0.267 e. The van der Waals surface area contributed by atoms with E-state index in [1.54, 1.807) is 6.07 Å². The van der Waals surface area contributed by atoms with Crippen LogP contribution in [0.4, 0.5) is 5.69 Å². The maximum atomic E-state index is 13.4. The molecule has 2 aromatic rings. The average Bonchev–Trinajstić information content (AvgIpc) is 2.83. The number of amides is 1. The van der Waals surface area contributed by atoms with Gasteiger partial charge in [-0.25, -0.2) is 8.42 Å². The summed E-state index contributed by atoms with van der Waals surface area (Å²) in [4.78, 5) is 14.7. The second-order valence-electron chi connectivity index (χ2n) is 8.22. The number of anilines is 1. The summed E-state index contributed by atoms with van der Waals surface area (Å²) < 4.78 is 39.9. The Morgan fingerprint density at radius 3 is 2.58 bits per heavy atom. The summed E-state index contributed by atoms with van der Waals surface area (Å²) in [6.07, 6.45) is 4.12. The predicted molar refractivity (Wildman–Crippen MR) is 116 cm³/mol. The maximum absolute atomic E-state index is 13.4. The van der Waals surface area contributed by atoms with Crippen molar-refractivity contribution in [1.82, 2.24) is 4.90 Å². The van der Waals surface area contributed by atoms with Gasteiger partial charge in [-0.1, -0.05) is 18.2 Å². The molecule has 0 saturated carbocycles. The van der Waals surface area contributed by atoms with Crippen molar-refractivity contribution in [3.8, 4) is 11.5 Å². The van der Waals surface area contributed by atoms with E-state index in [-0.39, 0.29) is 17.4 Å². The second kappa shape index (κ2) is 8.07. The highest BCUT2D eigenvalue weighted by atomic mass is 32.2. The quantitative estimate of drug-likeness (QED) is 0.731. The Kier molecular flexibility index (Phi) is 5.25. The van der Waals surface area contributed by atoms with Crippen molar-refractivity contribution >= 4 is 21.6 Å². The topological polar surface area (TPSA) is 76.2 Å². The first-order valence-corrected chi connectivity index (χ1v) is 12.3. The Morgan fingerprint density at radius 2 is 1.74 bits per heavy atom. The van der Waals surface area contributed by atoms with Crippen molar-refractivity contribution in [2.24, 2.45) is 0 Å². The van der Waals surface area contributed by atoms with Gasteiger partial charge in [0.1, 0.15) is 6.61 Å². The minimum Gasteiger partial charge on any atom is -0.485 e. The minimum absolute atomic E-state index is 0.0630. The van der Waals surface area contributed by atoms with Crippen LogP contribution in [0.1, 0.15) is 31.2 Å². The molecule has 1 amide bonds. The molecule has 3 aliphatic heterocycles. The van der Waals surface area contributed by atoms with E-state index in [0.717, 1.165) is 56.4 Å². The zero-order chi connectivity index (χ0) is 21.4. The lowest BCUT2D eigenvalue weighted by molar-refractivity contribution is -0.142. The summed E-state index contributed by atoms with van der Waals surface area (Å²) in [5, 5.41) is 0. The highest BCUT2D eigenvalue weighted by Crippen LogP contribution is 2.37. The van der Waals surface area contributed by atoms with E-state index in [1.165, 1.54) is 16.4 Å². The molecule has 2 aromatic carbocycles. The first-order chi connectivity index (χ1) is 15.0. The zero-order valence-electron chi connectivity index (χ0n) is 17.3. The third-order valence-corrected chi connectivity index (χ3v) is 7.98. The van der Waals surface area contributed by atoms with Crippen LogP contribution < -0.4 is 13.8 Å². The molecule has 0 unspecified atom stereocenters. The highest BCUT2D eigenvalue weighted by molar-refractivity contribution is 7.92. The third-order valence-electron chi connectivity index (χ3n) is 6.17. The lowest BCUT2D eigenvalue weighted by Crippen LogP contribution is -2.48. The van der Waals surface area contributed by atoms with Gasteiger partial charge in [0.15, 0.2) is 11.5 Å². The summed E-state index contributed by atoms with van der Waals surface area (Å²) in [6, 6.07) is 12.2. The van der Waals surface area contributed by atoms with E-state index in [9.17, 15) is 13.2 Å². The summed E-state index contributed by atoms with van der Waals surface area (Å²) in [7, 11) is -3.73. The molecule has 1 saturated heterocycles. The molecule has 1 atom stereocenters. The van der Waals surface area contributed by atoms with Crippen LogP contribution in [0.15, 0.2) is 47.4 Å². The monoisotopic (exact) mass is 442 g/mol. The van der Waals surface area contributed by atoms with Crippen molar-refractivity contribution in [2.75, 3.05) is 30.5 Å². The van der Waals surface area contributed by atoms with Gasteiger partial charge >= 0.3 is 0 Å². The number of piperidine rings is 1. The summed E-state index contributed by atoms with van der Waals surface area (Å²) in [5.41, 5.74) is 1.77. The molecule has 1 fully saturated rings. The predicted octanol–water partition coefficient (Wildman–Crippen LogP) is 2.98. The Hall–Kier alpha value is -2.74. The van der Waals surface area contributed by atoms with Gasteiger partial charge in [0.2, 0.25) is 6.10 Å².